The second-order valence-corrected chi connectivity index (χ2v) is 10.3. The van der Waals surface area contributed by atoms with E-state index in [1.54, 1.807) is 31.2 Å². The Morgan fingerprint density at radius 3 is 2.34 bits per heavy atom. The first-order valence-electron chi connectivity index (χ1n) is 9.49. The van der Waals surface area contributed by atoms with Crippen molar-refractivity contribution in [3.8, 4) is 0 Å². The number of carbonyl (C=O) groups excluding carboxylic acids is 2. The standard InChI is InChI=1S/C20H25N3O4S2/c1-13-14(2)28-20(18(13)19(21)25)22-17(24)10-7-15-5-8-16(9-6-15)29(26,27)23-11-3-4-12-23/h5-6,8-9H,3-4,7,10-12H2,1-2H3,(H2,21,25)(H,22,24). The molecule has 0 bridgehead atoms. The zero-order valence-corrected chi connectivity index (χ0v) is 18.2. The van der Waals surface area contributed by atoms with Gasteiger partial charge in [-0.1, -0.05) is 12.1 Å². The molecule has 1 saturated heterocycles. The van der Waals surface area contributed by atoms with Gasteiger partial charge in [-0.2, -0.15) is 4.31 Å². The fourth-order valence-electron chi connectivity index (χ4n) is 3.36. The lowest BCUT2D eigenvalue weighted by Gasteiger charge is -2.15. The molecule has 1 aliphatic rings. The largest absolute Gasteiger partial charge is 0.365 e. The Bertz CT molecular complexity index is 1020. The SMILES string of the molecule is Cc1sc(NC(=O)CCc2ccc(S(=O)(=O)N3CCCC3)cc2)c(C(N)=O)c1C. The second-order valence-electron chi connectivity index (χ2n) is 7.15. The summed E-state index contributed by atoms with van der Waals surface area (Å²) < 4.78 is 26.6. The fourth-order valence-corrected chi connectivity index (χ4v) is 5.96. The number of hydrogen-bond acceptors (Lipinski definition) is 5. The molecule has 1 aliphatic heterocycles. The number of aryl methyl sites for hydroxylation is 2. The molecule has 0 aliphatic carbocycles. The van der Waals surface area contributed by atoms with E-state index in [1.807, 2.05) is 6.92 Å². The van der Waals surface area contributed by atoms with Gasteiger partial charge < -0.3 is 11.1 Å². The van der Waals surface area contributed by atoms with Gasteiger partial charge in [-0.25, -0.2) is 8.42 Å². The van der Waals surface area contributed by atoms with Crippen LogP contribution < -0.4 is 11.1 Å². The molecule has 156 valence electrons. The number of nitrogens with one attached hydrogen (secondary N) is 1. The van der Waals surface area contributed by atoms with Crippen molar-refractivity contribution in [2.24, 2.45) is 5.73 Å². The van der Waals surface area contributed by atoms with Gasteiger partial charge in [0.05, 0.1) is 10.5 Å². The summed E-state index contributed by atoms with van der Waals surface area (Å²) in [6, 6.07) is 6.67. The maximum atomic E-state index is 12.6. The minimum Gasteiger partial charge on any atom is -0.365 e. The summed E-state index contributed by atoms with van der Waals surface area (Å²) in [6.45, 7) is 4.82. The summed E-state index contributed by atoms with van der Waals surface area (Å²) >= 11 is 1.33. The van der Waals surface area contributed by atoms with E-state index in [4.69, 9.17) is 5.73 Å². The van der Waals surface area contributed by atoms with Gasteiger partial charge in [-0.3, -0.25) is 9.59 Å². The third kappa shape index (κ3) is 4.68. The van der Waals surface area contributed by atoms with Crippen molar-refractivity contribution >= 4 is 38.2 Å². The molecular formula is C20H25N3O4S2. The van der Waals surface area contributed by atoms with Crippen molar-refractivity contribution in [1.29, 1.82) is 0 Å². The number of nitrogens with two attached hydrogens (primary N) is 1. The van der Waals surface area contributed by atoms with Gasteiger partial charge in [-0.15, -0.1) is 11.3 Å². The van der Waals surface area contributed by atoms with E-state index in [-0.39, 0.29) is 17.2 Å². The summed E-state index contributed by atoms with van der Waals surface area (Å²) in [5.74, 6) is -0.778. The number of sulfonamides is 1. The maximum absolute atomic E-state index is 12.6. The molecule has 0 radical (unpaired) electrons. The van der Waals surface area contributed by atoms with Crippen molar-refractivity contribution < 1.29 is 18.0 Å². The molecule has 2 aromatic rings. The first kappa shape index (κ1) is 21.5. The molecule has 3 rings (SSSR count). The van der Waals surface area contributed by atoms with Gasteiger partial charge in [0.1, 0.15) is 5.00 Å². The van der Waals surface area contributed by atoms with Gasteiger partial charge in [-0.05, 0) is 56.4 Å². The molecule has 1 fully saturated rings. The zero-order valence-electron chi connectivity index (χ0n) is 16.5. The molecule has 0 unspecified atom stereocenters. The van der Waals surface area contributed by atoms with Crippen LogP contribution in [-0.2, 0) is 21.2 Å². The van der Waals surface area contributed by atoms with Gasteiger partial charge in [0, 0.05) is 24.4 Å². The lowest BCUT2D eigenvalue weighted by molar-refractivity contribution is -0.116. The molecule has 0 saturated carbocycles. The van der Waals surface area contributed by atoms with E-state index < -0.39 is 15.9 Å². The molecule has 2 amide bonds. The maximum Gasteiger partial charge on any atom is 0.251 e. The van der Waals surface area contributed by atoms with E-state index in [2.05, 4.69) is 5.32 Å². The van der Waals surface area contributed by atoms with Crippen LogP contribution in [0.4, 0.5) is 5.00 Å². The van der Waals surface area contributed by atoms with Crippen LogP contribution >= 0.6 is 11.3 Å². The minimum atomic E-state index is -3.43. The normalized spacial score (nSPS) is 14.8. The van der Waals surface area contributed by atoms with Gasteiger partial charge in [0.25, 0.3) is 5.91 Å². The van der Waals surface area contributed by atoms with Crippen molar-refractivity contribution in [2.75, 3.05) is 18.4 Å². The quantitative estimate of drug-likeness (QED) is 0.697. The van der Waals surface area contributed by atoms with E-state index >= 15 is 0 Å². The highest BCUT2D eigenvalue weighted by molar-refractivity contribution is 7.89. The molecule has 1 aromatic heterocycles. The van der Waals surface area contributed by atoms with Crippen LogP contribution in [0.25, 0.3) is 0 Å². The summed E-state index contributed by atoms with van der Waals surface area (Å²) in [4.78, 5) is 25.2. The lowest BCUT2D eigenvalue weighted by Crippen LogP contribution is -2.27. The minimum absolute atomic E-state index is 0.215. The number of thiophene rings is 1. The third-order valence-corrected chi connectivity index (χ3v) is 8.19. The average molecular weight is 436 g/mol. The molecule has 7 nitrogen and oxygen atoms in total. The van der Waals surface area contributed by atoms with E-state index in [1.165, 1.54) is 15.6 Å². The number of anilines is 1. The van der Waals surface area contributed by atoms with E-state index in [0.717, 1.165) is 28.8 Å². The summed E-state index contributed by atoms with van der Waals surface area (Å²) in [7, 11) is -3.43. The number of primary amides is 1. The molecule has 9 heteroatoms. The number of benzene rings is 1. The van der Waals surface area contributed by atoms with Crippen LogP contribution in [0.2, 0.25) is 0 Å². The Balaban J connectivity index is 1.61. The number of amides is 2. The number of carbonyl (C=O) groups is 2. The van der Waals surface area contributed by atoms with Crippen LogP contribution in [0.3, 0.4) is 0 Å². The fraction of sp³-hybridized carbons (Fsp3) is 0.400. The predicted molar refractivity (Wildman–Crippen MR) is 114 cm³/mol. The molecule has 3 N–H and O–H groups in total. The molecule has 2 heterocycles. The molecule has 29 heavy (non-hydrogen) atoms. The third-order valence-electron chi connectivity index (χ3n) is 5.15. The molecule has 1 aromatic carbocycles. The Hall–Kier alpha value is -2.23. The average Bonchev–Trinajstić information content (AvgIpc) is 3.30. The van der Waals surface area contributed by atoms with Crippen LogP contribution in [0, 0.1) is 13.8 Å². The highest BCUT2D eigenvalue weighted by Gasteiger charge is 2.27. The van der Waals surface area contributed by atoms with Gasteiger partial charge in [0.15, 0.2) is 0 Å². The van der Waals surface area contributed by atoms with E-state index in [9.17, 15) is 18.0 Å². The van der Waals surface area contributed by atoms with E-state index in [0.29, 0.717) is 30.1 Å². The van der Waals surface area contributed by atoms with Crippen molar-refractivity contribution in [1.82, 2.24) is 4.31 Å². The monoisotopic (exact) mass is 435 g/mol. The molecular weight excluding hydrogens is 410 g/mol. The van der Waals surface area contributed by atoms with Crippen LogP contribution in [0.15, 0.2) is 29.2 Å². The van der Waals surface area contributed by atoms with Crippen molar-refractivity contribution in [3.63, 3.8) is 0 Å². The van der Waals surface area contributed by atoms with Gasteiger partial charge in [0.2, 0.25) is 15.9 Å². The lowest BCUT2D eigenvalue weighted by atomic mass is 10.1. The van der Waals surface area contributed by atoms with Crippen molar-refractivity contribution in [2.45, 2.75) is 44.4 Å². The van der Waals surface area contributed by atoms with Crippen LogP contribution in [0.1, 0.15) is 45.6 Å². The topological polar surface area (TPSA) is 110 Å². The second kappa shape index (κ2) is 8.64. The first-order chi connectivity index (χ1) is 13.7. The Morgan fingerprint density at radius 1 is 1.14 bits per heavy atom. The number of nitrogens with zero attached hydrogens (tertiary/aromatic N) is 1. The first-order valence-corrected chi connectivity index (χ1v) is 11.7. The summed E-state index contributed by atoms with van der Waals surface area (Å²) in [5.41, 5.74) is 7.44. The van der Waals surface area contributed by atoms with Gasteiger partial charge >= 0.3 is 0 Å². The number of hydrogen-bond donors (Lipinski definition) is 2. The Morgan fingerprint density at radius 2 is 1.76 bits per heavy atom. The summed E-state index contributed by atoms with van der Waals surface area (Å²) in [5, 5.41) is 3.25. The smallest absolute Gasteiger partial charge is 0.251 e. The highest BCUT2D eigenvalue weighted by atomic mass is 32.2. The zero-order chi connectivity index (χ0) is 21.2. The molecule has 0 atom stereocenters. The summed E-state index contributed by atoms with van der Waals surface area (Å²) in [6.07, 6.45) is 2.47. The van der Waals surface area contributed by atoms with Crippen LogP contribution in [-0.4, -0.2) is 37.6 Å². The number of rotatable bonds is 7. The molecule has 0 spiro atoms. The predicted octanol–water partition coefficient (Wildman–Crippen LogP) is 2.82. The Kier molecular flexibility index (Phi) is 6.40. The van der Waals surface area contributed by atoms with Crippen molar-refractivity contribution in [3.05, 3.63) is 45.8 Å². The Labute approximate surface area is 175 Å². The van der Waals surface area contributed by atoms with Crippen LogP contribution in [0.5, 0.6) is 0 Å². The highest BCUT2D eigenvalue weighted by Crippen LogP contribution is 2.32.